The molecule has 0 atom stereocenters. The summed E-state index contributed by atoms with van der Waals surface area (Å²) < 4.78 is 9.72. The molecule has 0 aliphatic carbocycles. The van der Waals surface area contributed by atoms with Crippen LogP contribution in [0.1, 0.15) is 12.5 Å². The quantitative estimate of drug-likeness (QED) is 0.460. The highest BCUT2D eigenvalue weighted by molar-refractivity contribution is 6.32. The molecule has 0 aromatic heterocycles. The van der Waals surface area contributed by atoms with Crippen LogP contribution in [0.15, 0.2) is 24.3 Å². The summed E-state index contributed by atoms with van der Waals surface area (Å²) in [5, 5.41) is 0.469. The molecule has 4 nitrogen and oxygen atoms in total. The highest BCUT2D eigenvalue weighted by Gasteiger charge is 2.28. The van der Waals surface area contributed by atoms with Crippen LogP contribution in [0.3, 0.4) is 0 Å². The molecular formula is C12H9ClO4. The first-order valence-electron chi connectivity index (χ1n) is 5.02. The summed E-state index contributed by atoms with van der Waals surface area (Å²) in [5.74, 6) is -0.752. The summed E-state index contributed by atoms with van der Waals surface area (Å²) in [6.07, 6.45) is 1.12. The summed E-state index contributed by atoms with van der Waals surface area (Å²) >= 11 is 5.82. The molecule has 1 aromatic carbocycles. The average Bonchev–Trinajstić information content (AvgIpc) is 2.56. The van der Waals surface area contributed by atoms with Crippen molar-refractivity contribution in [1.82, 2.24) is 0 Å². The van der Waals surface area contributed by atoms with Crippen LogP contribution in [0.5, 0.6) is 5.75 Å². The number of hydrogen-bond donors (Lipinski definition) is 0. The number of fused-ring (bicyclic) bond motifs is 1. The lowest BCUT2D eigenvalue weighted by atomic mass is 10.1. The number of hydrogen-bond acceptors (Lipinski definition) is 4. The van der Waals surface area contributed by atoms with Crippen LogP contribution in [0.2, 0.25) is 5.02 Å². The van der Waals surface area contributed by atoms with Crippen LogP contribution in [0.25, 0.3) is 5.57 Å². The number of carbonyl (C=O) groups is 2. The molecule has 0 bridgehead atoms. The lowest BCUT2D eigenvalue weighted by Gasteiger charge is -1.98. The molecule has 88 valence electrons. The molecule has 0 saturated carbocycles. The zero-order valence-corrected chi connectivity index (χ0v) is 9.78. The number of ether oxygens (including phenoxy) is 2. The smallest absolute Gasteiger partial charge is 0.344 e. The zero-order chi connectivity index (χ0) is 12.4. The van der Waals surface area contributed by atoms with Crippen molar-refractivity contribution < 1.29 is 19.1 Å². The van der Waals surface area contributed by atoms with Crippen molar-refractivity contribution in [2.75, 3.05) is 6.61 Å². The van der Waals surface area contributed by atoms with E-state index in [4.69, 9.17) is 21.1 Å². The van der Waals surface area contributed by atoms with Crippen molar-refractivity contribution in [3.05, 3.63) is 34.9 Å². The van der Waals surface area contributed by atoms with Crippen LogP contribution in [-0.2, 0) is 14.3 Å². The van der Waals surface area contributed by atoms with E-state index in [2.05, 4.69) is 0 Å². The topological polar surface area (TPSA) is 52.6 Å². The zero-order valence-electron chi connectivity index (χ0n) is 9.03. The molecule has 17 heavy (non-hydrogen) atoms. The Morgan fingerprint density at radius 3 is 3.00 bits per heavy atom. The lowest BCUT2D eigenvalue weighted by Crippen LogP contribution is -2.05. The Morgan fingerprint density at radius 1 is 1.53 bits per heavy atom. The maximum Gasteiger partial charge on any atom is 0.344 e. The molecule has 0 spiro atoms. The summed E-state index contributed by atoms with van der Waals surface area (Å²) in [6.45, 7) is 1.94. The van der Waals surface area contributed by atoms with Gasteiger partial charge < -0.3 is 9.47 Å². The Kier molecular flexibility index (Phi) is 3.15. The van der Waals surface area contributed by atoms with Gasteiger partial charge in [0, 0.05) is 16.7 Å². The van der Waals surface area contributed by atoms with Crippen molar-refractivity contribution in [2.24, 2.45) is 0 Å². The largest absolute Gasteiger partial charge is 0.463 e. The molecule has 2 rings (SSSR count). The van der Waals surface area contributed by atoms with E-state index >= 15 is 0 Å². The van der Waals surface area contributed by atoms with Gasteiger partial charge in [-0.05, 0) is 25.1 Å². The average molecular weight is 253 g/mol. The normalized spacial score (nSPS) is 15.6. The number of benzene rings is 1. The fourth-order valence-electron chi connectivity index (χ4n) is 1.50. The first-order chi connectivity index (χ1) is 8.11. The van der Waals surface area contributed by atoms with Crippen molar-refractivity contribution in [3.8, 4) is 5.75 Å². The van der Waals surface area contributed by atoms with Crippen LogP contribution in [0.4, 0.5) is 0 Å². The summed E-state index contributed by atoms with van der Waals surface area (Å²) in [4.78, 5) is 22.8. The maximum atomic E-state index is 11.5. The predicted molar refractivity (Wildman–Crippen MR) is 61.7 cm³/mol. The summed E-state index contributed by atoms with van der Waals surface area (Å²) in [5.41, 5.74) is 0.677. The van der Waals surface area contributed by atoms with E-state index in [9.17, 15) is 9.59 Å². The Hall–Kier alpha value is -1.81. The minimum Gasteiger partial charge on any atom is -0.463 e. The first kappa shape index (κ1) is 11.7. The highest BCUT2D eigenvalue weighted by Crippen LogP contribution is 2.35. The Labute approximate surface area is 103 Å². The van der Waals surface area contributed by atoms with E-state index in [0.29, 0.717) is 16.3 Å². The van der Waals surface area contributed by atoms with Crippen LogP contribution >= 0.6 is 11.6 Å². The lowest BCUT2D eigenvalue weighted by molar-refractivity contribution is -0.137. The monoisotopic (exact) mass is 252 g/mol. The second-order valence-electron chi connectivity index (χ2n) is 3.34. The van der Waals surface area contributed by atoms with Crippen LogP contribution < -0.4 is 4.74 Å². The van der Waals surface area contributed by atoms with Gasteiger partial charge in [0.2, 0.25) is 0 Å². The van der Waals surface area contributed by atoms with Crippen molar-refractivity contribution >= 4 is 29.1 Å². The van der Waals surface area contributed by atoms with E-state index in [1.807, 2.05) is 0 Å². The van der Waals surface area contributed by atoms with Gasteiger partial charge in [-0.15, -0.1) is 0 Å². The summed E-state index contributed by atoms with van der Waals surface area (Å²) in [6, 6.07) is 4.77. The Morgan fingerprint density at radius 2 is 2.29 bits per heavy atom. The number of carbonyl (C=O) groups excluding carboxylic acids is 2. The van der Waals surface area contributed by atoms with Crippen LogP contribution in [0, 0.1) is 0 Å². The minimum atomic E-state index is -0.577. The predicted octanol–water partition coefficient (Wildman–Crippen LogP) is 2.21. The van der Waals surface area contributed by atoms with Gasteiger partial charge in [0.05, 0.1) is 12.2 Å². The van der Waals surface area contributed by atoms with Gasteiger partial charge >= 0.3 is 11.9 Å². The van der Waals surface area contributed by atoms with Gasteiger partial charge in [-0.3, -0.25) is 0 Å². The van der Waals surface area contributed by atoms with Gasteiger partial charge in [0.25, 0.3) is 0 Å². The highest BCUT2D eigenvalue weighted by atomic mass is 35.5. The van der Waals surface area contributed by atoms with E-state index in [1.165, 1.54) is 0 Å². The molecule has 0 N–H and O–H groups in total. The third-order valence-electron chi connectivity index (χ3n) is 2.20. The maximum absolute atomic E-state index is 11.5. The fraction of sp³-hybridized carbons (Fsp3) is 0.167. The van der Waals surface area contributed by atoms with E-state index in [-0.39, 0.29) is 12.2 Å². The molecule has 1 aliphatic rings. The second-order valence-corrected chi connectivity index (χ2v) is 3.78. The minimum absolute atomic E-state index is 0.168. The second kappa shape index (κ2) is 4.59. The molecule has 1 heterocycles. The van der Waals surface area contributed by atoms with Crippen molar-refractivity contribution in [1.29, 1.82) is 0 Å². The van der Waals surface area contributed by atoms with Gasteiger partial charge in [-0.1, -0.05) is 11.6 Å². The van der Waals surface area contributed by atoms with Gasteiger partial charge in [0.1, 0.15) is 5.75 Å². The Balaban J connectivity index is 2.40. The SMILES string of the molecule is CCOC(=O)/C=C1/C(=O)Oc2ccc(Cl)cc21. The molecule has 0 fully saturated rings. The summed E-state index contributed by atoms with van der Waals surface area (Å²) in [7, 11) is 0. The molecule has 1 aliphatic heterocycles. The van der Waals surface area contributed by atoms with Crippen molar-refractivity contribution in [3.63, 3.8) is 0 Å². The number of halogens is 1. The van der Waals surface area contributed by atoms with Gasteiger partial charge in [-0.25, -0.2) is 9.59 Å². The number of rotatable bonds is 2. The van der Waals surface area contributed by atoms with Gasteiger partial charge in [0.15, 0.2) is 0 Å². The number of esters is 2. The molecule has 0 amide bonds. The molecule has 0 radical (unpaired) electrons. The molecule has 0 unspecified atom stereocenters. The van der Waals surface area contributed by atoms with Gasteiger partial charge in [-0.2, -0.15) is 0 Å². The molecule has 0 saturated heterocycles. The third-order valence-corrected chi connectivity index (χ3v) is 2.44. The fourth-order valence-corrected chi connectivity index (χ4v) is 1.68. The van der Waals surface area contributed by atoms with E-state index < -0.39 is 11.9 Å². The first-order valence-corrected chi connectivity index (χ1v) is 5.40. The Bertz CT molecular complexity index is 519. The van der Waals surface area contributed by atoms with E-state index in [1.54, 1.807) is 25.1 Å². The molecule has 1 aromatic rings. The van der Waals surface area contributed by atoms with Crippen molar-refractivity contribution in [2.45, 2.75) is 6.92 Å². The van der Waals surface area contributed by atoms with E-state index in [0.717, 1.165) is 6.08 Å². The molecule has 5 heteroatoms. The van der Waals surface area contributed by atoms with Crippen LogP contribution in [-0.4, -0.2) is 18.5 Å². The third kappa shape index (κ3) is 2.31. The standard InChI is InChI=1S/C12H9ClO4/c1-2-16-11(14)6-9-8-5-7(13)3-4-10(8)17-12(9)15/h3-6H,2H2,1H3/b9-6+. The molecular weight excluding hydrogens is 244 g/mol.